The number of hydrogen-bond donors (Lipinski definition) is 1. The van der Waals surface area contributed by atoms with Gasteiger partial charge in [-0.15, -0.1) is 0 Å². The van der Waals surface area contributed by atoms with E-state index >= 15 is 0 Å². The van der Waals surface area contributed by atoms with E-state index in [0.29, 0.717) is 46.2 Å². The Morgan fingerprint density at radius 1 is 1.06 bits per heavy atom. The van der Waals surface area contributed by atoms with Crippen molar-refractivity contribution in [2.45, 2.75) is 26.3 Å². The van der Waals surface area contributed by atoms with Gasteiger partial charge in [0.15, 0.2) is 5.52 Å². The third-order valence-electron chi connectivity index (χ3n) is 5.73. The van der Waals surface area contributed by atoms with Gasteiger partial charge in [0.25, 0.3) is 5.56 Å². The van der Waals surface area contributed by atoms with Crippen molar-refractivity contribution in [1.82, 2.24) is 14.9 Å². The molecule has 182 valence electrons. The lowest BCUT2D eigenvalue weighted by atomic mass is 10.1. The van der Waals surface area contributed by atoms with E-state index in [1.54, 1.807) is 51.3 Å². The van der Waals surface area contributed by atoms with Crippen LogP contribution in [0.3, 0.4) is 0 Å². The Labute approximate surface area is 201 Å². The summed E-state index contributed by atoms with van der Waals surface area (Å²) in [6.07, 6.45) is 0.301. The highest BCUT2D eigenvalue weighted by atomic mass is 16.5. The molecule has 0 aliphatic carbocycles. The molecule has 0 saturated carbocycles. The summed E-state index contributed by atoms with van der Waals surface area (Å²) in [5.74, 6) is 1.70. The molecule has 4 aromatic rings. The fourth-order valence-electron chi connectivity index (χ4n) is 3.87. The predicted octanol–water partition coefficient (Wildman–Crippen LogP) is 3.98. The molecule has 0 unspecified atom stereocenters. The number of carbonyl (C=O) groups is 1. The first-order chi connectivity index (χ1) is 16.9. The van der Waals surface area contributed by atoms with Crippen molar-refractivity contribution in [3.05, 3.63) is 58.6 Å². The standard InChI is InChI=1S/C25H26N4O6/c1-6-19(24(30)26-18-13-17(33-4)11-12-20(18)34-5)29-25(31)23-21(14(2)35-28-23)22(27-29)15-7-9-16(32-3)10-8-15/h7-13,19H,6H2,1-5H3,(H,26,30)/t19-/m1/s1. The largest absolute Gasteiger partial charge is 0.497 e. The number of amides is 1. The first kappa shape index (κ1) is 23.8. The number of aromatic nitrogens is 3. The van der Waals surface area contributed by atoms with E-state index < -0.39 is 17.5 Å². The van der Waals surface area contributed by atoms with Crippen molar-refractivity contribution < 1.29 is 23.5 Å². The third-order valence-corrected chi connectivity index (χ3v) is 5.73. The summed E-state index contributed by atoms with van der Waals surface area (Å²) in [7, 11) is 4.61. The van der Waals surface area contributed by atoms with Gasteiger partial charge < -0.3 is 24.1 Å². The van der Waals surface area contributed by atoms with Crippen LogP contribution in [0.15, 0.2) is 51.8 Å². The highest BCUT2D eigenvalue weighted by Gasteiger charge is 2.27. The second-order valence-corrected chi connectivity index (χ2v) is 7.77. The number of ether oxygens (including phenoxy) is 3. The van der Waals surface area contributed by atoms with Crippen LogP contribution in [0.1, 0.15) is 25.1 Å². The summed E-state index contributed by atoms with van der Waals surface area (Å²) < 4.78 is 22.3. The van der Waals surface area contributed by atoms with E-state index in [2.05, 4.69) is 15.6 Å². The number of hydrogen-bond acceptors (Lipinski definition) is 8. The van der Waals surface area contributed by atoms with Crippen LogP contribution in [0, 0.1) is 6.92 Å². The van der Waals surface area contributed by atoms with E-state index in [1.165, 1.54) is 14.2 Å². The molecule has 2 aromatic heterocycles. The number of methoxy groups -OCH3 is 3. The van der Waals surface area contributed by atoms with Crippen LogP contribution in [0.2, 0.25) is 0 Å². The number of anilines is 1. The molecule has 2 heterocycles. The molecule has 1 N–H and O–H groups in total. The summed E-state index contributed by atoms with van der Waals surface area (Å²) >= 11 is 0. The fraction of sp³-hybridized carbons (Fsp3) is 0.280. The zero-order valence-corrected chi connectivity index (χ0v) is 20.1. The van der Waals surface area contributed by atoms with Crippen molar-refractivity contribution in [2.24, 2.45) is 0 Å². The second-order valence-electron chi connectivity index (χ2n) is 7.77. The minimum Gasteiger partial charge on any atom is -0.497 e. The number of aryl methyl sites for hydroxylation is 1. The summed E-state index contributed by atoms with van der Waals surface area (Å²) in [5.41, 5.74) is 1.20. The van der Waals surface area contributed by atoms with Gasteiger partial charge in [-0.2, -0.15) is 5.10 Å². The van der Waals surface area contributed by atoms with E-state index in [9.17, 15) is 9.59 Å². The van der Waals surface area contributed by atoms with E-state index in [-0.39, 0.29) is 5.52 Å². The van der Waals surface area contributed by atoms with Gasteiger partial charge in [-0.3, -0.25) is 9.59 Å². The van der Waals surface area contributed by atoms with Crippen molar-refractivity contribution in [3.8, 4) is 28.5 Å². The van der Waals surface area contributed by atoms with Crippen molar-refractivity contribution in [1.29, 1.82) is 0 Å². The number of nitrogens with zero attached hydrogens (tertiary/aromatic N) is 3. The first-order valence-electron chi connectivity index (χ1n) is 11.0. The minimum absolute atomic E-state index is 0.105. The lowest BCUT2D eigenvalue weighted by Crippen LogP contribution is -2.35. The van der Waals surface area contributed by atoms with Gasteiger partial charge in [0, 0.05) is 11.6 Å². The van der Waals surface area contributed by atoms with E-state index in [0.717, 1.165) is 10.2 Å². The van der Waals surface area contributed by atoms with Gasteiger partial charge >= 0.3 is 0 Å². The summed E-state index contributed by atoms with van der Waals surface area (Å²) in [4.78, 5) is 26.7. The third kappa shape index (κ3) is 4.42. The first-order valence-corrected chi connectivity index (χ1v) is 11.0. The summed E-state index contributed by atoms with van der Waals surface area (Å²) in [5, 5.41) is 11.9. The summed E-state index contributed by atoms with van der Waals surface area (Å²) in [6.45, 7) is 3.51. The van der Waals surface area contributed by atoms with Crippen molar-refractivity contribution >= 4 is 22.5 Å². The number of benzene rings is 2. The Bertz CT molecular complexity index is 1420. The molecule has 0 spiro atoms. The normalized spacial score (nSPS) is 11.8. The van der Waals surface area contributed by atoms with Gasteiger partial charge in [-0.1, -0.05) is 12.1 Å². The van der Waals surface area contributed by atoms with Crippen LogP contribution in [0.25, 0.3) is 22.2 Å². The topological polar surface area (TPSA) is 118 Å². The smallest absolute Gasteiger partial charge is 0.297 e. The molecule has 10 nitrogen and oxygen atoms in total. The maximum atomic E-state index is 13.4. The highest BCUT2D eigenvalue weighted by Crippen LogP contribution is 2.31. The fourth-order valence-corrected chi connectivity index (χ4v) is 3.87. The van der Waals surface area contributed by atoms with E-state index in [1.807, 2.05) is 12.1 Å². The van der Waals surface area contributed by atoms with Crippen LogP contribution in [0.5, 0.6) is 17.2 Å². The maximum absolute atomic E-state index is 13.4. The second kappa shape index (κ2) is 9.88. The quantitative estimate of drug-likeness (QED) is 0.404. The molecule has 1 atom stereocenters. The summed E-state index contributed by atoms with van der Waals surface area (Å²) in [6, 6.07) is 11.4. The molecule has 2 aromatic carbocycles. The number of carbonyl (C=O) groups excluding carboxylic acids is 1. The Kier molecular flexibility index (Phi) is 6.72. The molecule has 0 saturated heterocycles. The number of rotatable bonds is 8. The predicted molar refractivity (Wildman–Crippen MR) is 130 cm³/mol. The lowest BCUT2D eigenvalue weighted by Gasteiger charge is -2.19. The zero-order chi connectivity index (χ0) is 25.1. The van der Waals surface area contributed by atoms with Gasteiger partial charge in [0.2, 0.25) is 5.91 Å². The Balaban J connectivity index is 1.81. The van der Waals surface area contributed by atoms with Crippen LogP contribution >= 0.6 is 0 Å². The van der Waals surface area contributed by atoms with Crippen molar-refractivity contribution in [3.63, 3.8) is 0 Å². The molecule has 0 fully saturated rings. The van der Waals surface area contributed by atoms with Crippen LogP contribution in [0.4, 0.5) is 5.69 Å². The zero-order valence-electron chi connectivity index (χ0n) is 20.1. The molecule has 0 bridgehead atoms. The van der Waals surface area contributed by atoms with E-state index in [4.69, 9.17) is 18.7 Å². The molecular formula is C25H26N4O6. The SMILES string of the molecule is CC[C@H](C(=O)Nc1cc(OC)ccc1OC)n1nc(-c2ccc(OC)cc2)c2c(C)onc2c1=O. The number of nitrogens with one attached hydrogen (secondary N) is 1. The van der Waals surface area contributed by atoms with Gasteiger partial charge in [0.1, 0.15) is 34.7 Å². The maximum Gasteiger partial charge on any atom is 0.297 e. The Hall–Kier alpha value is -4.34. The van der Waals surface area contributed by atoms with Crippen LogP contribution < -0.4 is 25.1 Å². The lowest BCUT2D eigenvalue weighted by molar-refractivity contribution is -0.119. The highest BCUT2D eigenvalue weighted by molar-refractivity contribution is 5.96. The Morgan fingerprint density at radius 3 is 2.37 bits per heavy atom. The molecule has 0 radical (unpaired) electrons. The van der Waals surface area contributed by atoms with Crippen LogP contribution in [-0.4, -0.2) is 42.2 Å². The monoisotopic (exact) mass is 478 g/mol. The van der Waals surface area contributed by atoms with Gasteiger partial charge in [0.05, 0.1) is 32.4 Å². The van der Waals surface area contributed by atoms with Crippen molar-refractivity contribution in [2.75, 3.05) is 26.6 Å². The molecular weight excluding hydrogens is 452 g/mol. The minimum atomic E-state index is -0.920. The molecule has 4 rings (SSSR count). The van der Waals surface area contributed by atoms with Crippen LogP contribution in [-0.2, 0) is 4.79 Å². The molecule has 0 aliphatic heterocycles. The average Bonchev–Trinajstić information content (AvgIpc) is 3.27. The molecule has 10 heteroatoms. The molecule has 0 aliphatic rings. The average molecular weight is 479 g/mol. The van der Waals surface area contributed by atoms with Gasteiger partial charge in [-0.25, -0.2) is 4.68 Å². The number of fused-ring (bicyclic) bond motifs is 1. The van der Waals surface area contributed by atoms with Gasteiger partial charge in [-0.05, 0) is 49.7 Å². The Morgan fingerprint density at radius 2 is 1.74 bits per heavy atom. The molecule has 1 amide bonds. The molecule has 35 heavy (non-hydrogen) atoms.